The van der Waals surface area contributed by atoms with Crippen LogP contribution in [0.2, 0.25) is 0 Å². The molecule has 6 heteroatoms. The van der Waals surface area contributed by atoms with E-state index in [0.29, 0.717) is 24.5 Å². The summed E-state index contributed by atoms with van der Waals surface area (Å²) >= 11 is 0. The van der Waals surface area contributed by atoms with Crippen LogP contribution in [0.1, 0.15) is 25.8 Å². The van der Waals surface area contributed by atoms with Crippen LogP contribution in [0.5, 0.6) is 11.5 Å². The summed E-state index contributed by atoms with van der Waals surface area (Å²) in [6.45, 7) is 4.04. The zero-order valence-electron chi connectivity index (χ0n) is 13.6. The van der Waals surface area contributed by atoms with Gasteiger partial charge in [0.05, 0.1) is 14.2 Å². The fraction of sp³-hybridized carbons (Fsp3) is 0.500. The van der Waals surface area contributed by atoms with Gasteiger partial charge < -0.3 is 20.1 Å². The average Bonchev–Trinajstić information content (AvgIpc) is 2.52. The lowest BCUT2D eigenvalue weighted by Crippen LogP contribution is -2.44. The SMILES string of the molecule is CCNC(=O)[C@@H](C)NC(=O)CCc1cccc(OC)c1OC. The van der Waals surface area contributed by atoms with Gasteiger partial charge in [-0.1, -0.05) is 12.1 Å². The molecule has 2 amide bonds. The molecule has 1 aromatic rings. The number of carbonyl (C=O) groups excluding carboxylic acids is 2. The molecule has 22 heavy (non-hydrogen) atoms. The number of para-hydroxylation sites is 1. The Morgan fingerprint density at radius 2 is 1.95 bits per heavy atom. The van der Waals surface area contributed by atoms with Crippen LogP contribution in [0.3, 0.4) is 0 Å². The number of likely N-dealkylation sites (N-methyl/N-ethyl adjacent to an activating group) is 1. The lowest BCUT2D eigenvalue weighted by Gasteiger charge is -2.14. The standard InChI is InChI=1S/C16H24N2O4/c1-5-17-16(20)11(2)18-14(19)10-9-12-7-6-8-13(21-3)15(12)22-4/h6-8,11H,5,9-10H2,1-4H3,(H,17,20)(H,18,19)/t11-/m1/s1. The van der Waals surface area contributed by atoms with Gasteiger partial charge in [0.2, 0.25) is 11.8 Å². The first-order valence-electron chi connectivity index (χ1n) is 7.30. The van der Waals surface area contributed by atoms with E-state index in [1.54, 1.807) is 27.2 Å². The summed E-state index contributed by atoms with van der Waals surface area (Å²) in [6, 6.07) is 5.01. The highest BCUT2D eigenvalue weighted by Gasteiger charge is 2.16. The minimum atomic E-state index is -0.542. The Kier molecular flexibility index (Phi) is 7.22. The van der Waals surface area contributed by atoms with E-state index in [-0.39, 0.29) is 18.2 Å². The van der Waals surface area contributed by atoms with Gasteiger partial charge in [0.15, 0.2) is 11.5 Å². The number of carbonyl (C=O) groups is 2. The third-order valence-electron chi connectivity index (χ3n) is 3.23. The lowest BCUT2D eigenvalue weighted by molar-refractivity contribution is -0.128. The van der Waals surface area contributed by atoms with Crippen molar-refractivity contribution in [3.8, 4) is 11.5 Å². The molecule has 0 saturated heterocycles. The number of hydrogen-bond donors (Lipinski definition) is 2. The van der Waals surface area contributed by atoms with Crippen molar-refractivity contribution in [2.24, 2.45) is 0 Å². The quantitative estimate of drug-likeness (QED) is 0.758. The van der Waals surface area contributed by atoms with Crippen molar-refractivity contribution in [1.29, 1.82) is 0 Å². The molecule has 0 saturated carbocycles. The van der Waals surface area contributed by atoms with Crippen LogP contribution in [-0.4, -0.2) is 38.6 Å². The molecular weight excluding hydrogens is 284 g/mol. The number of ether oxygens (including phenoxy) is 2. The molecule has 122 valence electrons. The van der Waals surface area contributed by atoms with Crippen molar-refractivity contribution in [1.82, 2.24) is 10.6 Å². The van der Waals surface area contributed by atoms with Gasteiger partial charge in [-0.3, -0.25) is 9.59 Å². The van der Waals surface area contributed by atoms with Crippen LogP contribution in [0, 0.1) is 0 Å². The molecule has 0 unspecified atom stereocenters. The van der Waals surface area contributed by atoms with Crippen molar-refractivity contribution >= 4 is 11.8 Å². The number of rotatable bonds is 8. The number of hydrogen-bond acceptors (Lipinski definition) is 4. The monoisotopic (exact) mass is 308 g/mol. The first-order chi connectivity index (χ1) is 10.5. The molecule has 1 atom stereocenters. The van der Waals surface area contributed by atoms with Crippen molar-refractivity contribution in [2.45, 2.75) is 32.7 Å². The molecule has 1 aromatic carbocycles. The Labute approximate surface area is 131 Å². The van der Waals surface area contributed by atoms with Crippen LogP contribution in [-0.2, 0) is 16.0 Å². The second-order valence-corrected chi connectivity index (χ2v) is 4.84. The van der Waals surface area contributed by atoms with E-state index >= 15 is 0 Å². The minimum Gasteiger partial charge on any atom is -0.493 e. The zero-order valence-corrected chi connectivity index (χ0v) is 13.6. The molecule has 0 spiro atoms. The van der Waals surface area contributed by atoms with Crippen molar-refractivity contribution < 1.29 is 19.1 Å². The van der Waals surface area contributed by atoms with E-state index < -0.39 is 6.04 Å². The second kappa shape index (κ2) is 8.92. The van der Waals surface area contributed by atoms with Crippen molar-refractivity contribution in [3.05, 3.63) is 23.8 Å². The maximum absolute atomic E-state index is 11.9. The molecule has 0 aliphatic carbocycles. The fourth-order valence-electron chi connectivity index (χ4n) is 2.11. The van der Waals surface area contributed by atoms with Gasteiger partial charge in [-0.05, 0) is 31.9 Å². The van der Waals surface area contributed by atoms with Gasteiger partial charge in [-0.2, -0.15) is 0 Å². The Hall–Kier alpha value is -2.24. The number of nitrogens with one attached hydrogen (secondary N) is 2. The molecule has 0 fully saturated rings. The van der Waals surface area contributed by atoms with Crippen molar-refractivity contribution in [2.75, 3.05) is 20.8 Å². The van der Waals surface area contributed by atoms with E-state index in [9.17, 15) is 9.59 Å². The molecule has 2 N–H and O–H groups in total. The third kappa shape index (κ3) is 4.95. The largest absolute Gasteiger partial charge is 0.493 e. The van der Waals surface area contributed by atoms with Crippen LogP contribution < -0.4 is 20.1 Å². The fourth-order valence-corrected chi connectivity index (χ4v) is 2.11. The Morgan fingerprint density at radius 3 is 2.55 bits per heavy atom. The van der Waals surface area contributed by atoms with Gasteiger partial charge in [-0.15, -0.1) is 0 Å². The van der Waals surface area contributed by atoms with Gasteiger partial charge >= 0.3 is 0 Å². The minimum absolute atomic E-state index is 0.177. The first kappa shape index (κ1) is 17.8. The van der Waals surface area contributed by atoms with E-state index in [1.807, 2.05) is 19.1 Å². The van der Waals surface area contributed by atoms with E-state index in [0.717, 1.165) is 5.56 Å². The third-order valence-corrected chi connectivity index (χ3v) is 3.23. The molecule has 0 radical (unpaired) electrons. The Bertz CT molecular complexity index is 517. The topological polar surface area (TPSA) is 76.7 Å². The molecule has 0 aliphatic heterocycles. The maximum atomic E-state index is 11.9. The zero-order chi connectivity index (χ0) is 16.5. The number of methoxy groups -OCH3 is 2. The predicted octanol–water partition coefficient (Wildman–Crippen LogP) is 1.28. The van der Waals surface area contributed by atoms with Gasteiger partial charge in [0.1, 0.15) is 6.04 Å². The summed E-state index contributed by atoms with van der Waals surface area (Å²) in [4.78, 5) is 23.5. The van der Waals surface area contributed by atoms with Crippen LogP contribution in [0.4, 0.5) is 0 Å². The smallest absolute Gasteiger partial charge is 0.242 e. The molecule has 0 aliphatic rings. The molecule has 1 rings (SSSR count). The normalized spacial score (nSPS) is 11.5. The predicted molar refractivity (Wildman–Crippen MR) is 84.2 cm³/mol. The van der Waals surface area contributed by atoms with Crippen LogP contribution >= 0.6 is 0 Å². The van der Waals surface area contributed by atoms with Crippen LogP contribution in [0.25, 0.3) is 0 Å². The van der Waals surface area contributed by atoms with E-state index in [2.05, 4.69) is 10.6 Å². The summed E-state index contributed by atoms with van der Waals surface area (Å²) in [6.07, 6.45) is 0.779. The van der Waals surface area contributed by atoms with Gasteiger partial charge in [-0.25, -0.2) is 0 Å². The van der Waals surface area contributed by atoms with Crippen LogP contribution in [0.15, 0.2) is 18.2 Å². The summed E-state index contributed by atoms with van der Waals surface area (Å²) in [5.74, 6) is 0.907. The molecule has 0 bridgehead atoms. The highest BCUT2D eigenvalue weighted by molar-refractivity contribution is 5.87. The molecule has 6 nitrogen and oxygen atoms in total. The number of benzene rings is 1. The molecule has 0 heterocycles. The van der Waals surface area contributed by atoms with Gasteiger partial charge in [0, 0.05) is 13.0 Å². The second-order valence-electron chi connectivity index (χ2n) is 4.84. The molecular formula is C16H24N2O4. The van der Waals surface area contributed by atoms with E-state index in [4.69, 9.17) is 9.47 Å². The highest BCUT2D eigenvalue weighted by atomic mass is 16.5. The van der Waals surface area contributed by atoms with E-state index in [1.165, 1.54) is 0 Å². The number of aryl methyl sites for hydroxylation is 1. The van der Waals surface area contributed by atoms with Crippen molar-refractivity contribution in [3.63, 3.8) is 0 Å². The van der Waals surface area contributed by atoms with Gasteiger partial charge in [0.25, 0.3) is 0 Å². The first-order valence-corrected chi connectivity index (χ1v) is 7.30. The maximum Gasteiger partial charge on any atom is 0.242 e. The molecule has 0 aromatic heterocycles. The lowest BCUT2D eigenvalue weighted by atomic mass is 10.1. The average molecular weight is 308 g/mol. The highest BCUT2D eigenvalue weighted by Crippen LogP contribution is 2.31. The summed E-state index contributed by atoms with van der Waals surface area (Å²) in [5.41, 5.74) is 0.891. The Morgan fingerprint density at radius 1 is 1.23 bits per heavy atom. The summed E-state index contributed by atoms with van der Waals surface area (Å²) < 4.78 is 10.6. The number of amides is 2. The Balaban J connectivity index is 2.59. The summed E-state index contributed by atoms with van der Waals surface area (Å²) in [7, 11) is 3.14. The summed E-state index contributed by atoms with van der Waals surface area (Å²) in [5, 5.41) is 5.35.